The average Bonchev–Trinajstić information content (AvgIpc) is 2.48. The van der Waals surface area contributed by atoms with Gasteiger partial charge < -0.3 is 14.4 Å². The van der Waals surface area contributed by atoms with E-state index in [1.807, 2.05) is 0 Å². The van der Waals surface area contributed by atoms with Gasteiger partial charge in [-0.2, -0.15) is 0 Å². The first kappa shape index (κ1) is 14.7. The number of aromatic nitrogens is 1. The van der Waals surface area contributed by atoms with Crippen LogP contribution in [0.25, 0.3) is 0 Å². The fourth-order valence-electron chi connectivity index (χ4n) is 1.85. The molecule has 0 radical (unpaired) electrons. The summed E-state index contributed by atoms with van der Waals surface area (Å²) in [6.45, 7) is 0.489. The first-order valence-corrected chi connectivity index (χ1v) is 6.20. The van der Waals surface area contributed by atoms with E-state index in [0.29, 0.717) is 0 Å². The zero-order valence-corrected chi connectivity index (χ0v) is 11.4. The molecule has 0 spiro atoms. The highest BCUT2D eigenvalue weighted by molar-refractivity contribution is 6.32. The number of esters is 1. The number of nitrogens with zero attached hydrogens (tertiary/aromatic N) is 2. The summed E-state index contributed by atoms with van der Waals surface area (Å²) in [7, 11) is 1.24. The van der Waals surface area contributed by atoms with Gasteiger partial charge in [0.2, 0.25) is 0 Å². The molecule has 1 amide bonds. The van der Waals surface area contributed by atoms with Crippen molar-refractivity contribution in [3.8, 4) is 0 Å². The molecule has 1 saturated heterocycles. The number of hydrogen-bond donors (Lipinski definition) is 0. The second-order valence-corrected chi connectivity index (χ2v) is 4.48. The van der Waals surface area contributed by atoms with E-state index in [1.165, 1.54) is 12.0 Å². The van der Waals surface area contributed by atoms with Crippen LogP contribution in [0.15, 0.2) is 12.3 Å². The molecule has 8 heteroatoms. The average molecular weight is 303 g/mol. The minimum Gasteiger partial charge on any atom is -0.467 e. The number of carbonyl (C=O) groups is 2. The summed E-state index contributed by atoms with van der Waals surface area (Å²) in [4.78, 5) is 28.6. The van der Waals surface area contributed by atoms with Gasteiger partial charge in [-0.15, -0.1) is 0 Å². The third-order valence-electron chi connectivity index (χ3n) is 2.85. The van der Waals surface area contributed by atoms with Gasteiger partial charge in [-0.25, -0.2) is 14.2 Å². The highest BCUT2D eigenvalue weighted by atomic mass is 35.5. The van der Waals surface area contributed by atoms with E-state index in [-0.39, 0.29) is 30.4 Å². The van der Waals surface area contributed by atoms with Crippen molar-refractivity contribution in [1.29, 1.82) is 0 Å². The van der Waals surface area contributed by atoms with Gasteiger partial charge >= 0.3 is 5.97 Å². The standard InChI is InChI=1S/C12H12ClFN2O4/c1-19-12(18)9-6-16(2-3-20-9)11(17)8-4-7(14)5-15-10(8)13/h4-5,9H,2-3,6H2,1H3. The third kappa shape index (κ3) is 3.05. The predicted molar refractivity (Wildman–Crippen MR) is 66.9 cm³/mol. The quantitative estimate of drug-likeness (QED) is 0.599. The van der Waals surface area contributed by atoms with Gasteiger partial charge in [0.15, 0.2) is 6.10 Å². The first-order chi connectivity index (χ1) is 9.52. The van der Waals surface area contributed by atoms with Crippen LogP contribution in [0.2, 0.25) is 5.15 Å². The van der Waals surface area contributed by atoms with Gasteiger partial charge in [0.25, 0.3) is 5.91 Å². The minimum absolute atomic E-state index is 0.0261. The molecule has 1 aliphatic heterocycles. The Labute approximate surface area is 119 Å². The number of pyridine rings is 1. The second kappa shape index (κ2) is 6.15. The zero-order chi connectivity index (χ0) is 14.7. The first-order valence-electron chi connectivity index (χ1n) is 5.82. The molecule has 6 nitrogen and oxygen atoms in total. The fraction of sp³-hybridized carbons (Fsp3) is 0.417. The summed E-state index contributed by atoms with van der Waals surface area (Å²) in [6.07, 6.45) is 0.0772. The van der Waals surface area contributed by atoms with E-state index in [1.54, 1.807) is 0 Å². The zero-order valence-electron chi connectivity index (χ0n) is 10.6. The van der Waals surface area contributed by atoms with Crippen molar-refractivity contribution in [1.82, 2.24) is 9.88 Å². The normalized spacial score (nSPS) is 18.8. The van der Waals surface area contributed by atoms with Crippen LogP contribution < -0.4 is 0 Å². The van der Waals surface area contributed by atoms with Crippen LogP contribution in [0.1, 0.15) is 10.4 Å². The Balaban J connectivity index is 2.16. The van der Waals surface area contributed by atoms with Crippen molar-refractivity contribution in [3.63, 3.8) is 0 Å². The third-order valence-corrected chi connectivity index (χ3v) is 3.16. The highest BCUT2D eigenvalue weighted by Gasteiger charge is 2.31. The minimum atomic E-state index is -0.849. The molecule has 0 saturated carbocycles. The van der Waals surface area contributed by atoms with Gasteiger partial charge in [-0.3, -0.25) is 4.79 Å². The van der Waals surface area contributed by atoms with Crippen LogP contribution in [0.5, 0.6) is 0 Å². The summed E-state index contributed by atoms with van der Waals surface area (Å²) in [6, 6.07) is 1.01. The molecule has 0 N–H and O–H groups in total. The summed E-state index contributed by atoms with van der Waals surface area (Å²) in [5, 5.41) is -0.0856. The van der Waals surface area contributed by atoms with Crippen LogP contribution in [-0.4, -0.2) is 54.7 Å². The Morgan fingerprint density at radius 2 is 2.35 bits per heavy atom. The number of halogens is 2. The molecule has 0 aliphatic carbocycles. The highest BCUT2D eigenvalue weighted by Crippen LogP contribution is 2.18. The lowest BCUT2D eigenvalue weighted by Gasteiger charge is -2.31. The maximum atomic E-state index is 13.1. The molecule has 20 heavy (non-hydrogen) atoms. The number of ether oxygens (including phenoxy) is 2. The molecular formula is C12H12ClFN2O4. The van der Waals surface area contributed by atoms with Crippen LogP contribution in [0.3, 0.4) is 0 Å². The Kier molecular flexibility index (Phi) is 4.51. The van der Waals surface area contributed by atoms with E-state index < -0.39 is 23.8 Å². The number of carbonyl (C=O) groups excluding carboxylic acids is 2. The fourth-order valence-corrected chi connectivity index (χ4v) is 2.03. The van der Waals surface area contributed by atoms with Gasteiger partial charge in [-0.1, -0.05) is 11.6 Å². The summed E-state index contributed by atoms with van der Waals surface area (Å²) < 4.78 is 22.9. The Morgan fingerprint density at radius 1 is 1.60 bits per heavy atom. The summed E-state index contributed by atoms with van der Waals surface area (Å²) in [5.74, 6) is -1.72. The monoisotopic (exact) mass is 302 g/mol. The Hall–Kier alpha value is -1.73. The smallest absolute Gasteiger partial charge is 0.336 e. The van der Waals surface area contributed by atoms with Gasteiger partial charge in [0.05, 0.1) is 32.0 Å². The maximum absolute atomic E-state index is 13.1. The molecule has 1 fully saturated rings. The SMILES string of the molecule is COC(=O)C1CN(C(=O)c2cc(F)cnc2Cl)CCO1. The molecule has 2 heterocycles. The molecular weight excluding hydrogens is 291 g/mol. The van der Waals surface area contributed by atoms with E-state index in [2.05, 4.69) is 9.72 Å². The van der Waals surface area contributed by atoms with Crippen LogP contribution in [-0.2, 0) is 14.3 Å². The van der Waals surface area contributed by atoms with Crippen molar-refractivity contribution in [3.05, 3.63) is 28.8 Å². The van der Waals surface area contributed by atoms with Crippen LogP contribution in [0.4, 0.5) is 4.39 Å². The maximum Gasteiger partial charge on any atom is 0.336 e. The van der Waals surface area contributed by atoms with E-state index >= 15 is 0 Å². The van der Waals surface area contributed by atoms with Gasteiger partial charge in [0.1, 0.15) is 11.0 Å². The topological polar surface area (TPSA) is 68.7 Å². The molecule has 0 aromatic carbocycles. The Morgan fingerprint density at radius 3 is 3.05 bits per heavy atom. The van der Waals surface area contributed by atoms with Crippen molar-refractivity contribution in [2.45, 2.75) is 6.10 Å². The molecule has 108 valence electrons. The van der Waals surface area contributed by atoms with E-state index in [9.17, 15) is 14.0 Å². The largest absolute Gasteiger partial charge is 0.467 e. The Bertz CT molecular complexity index is 540. The molecule has 1 unspecified atom stereocenters. The van der Waals surface area contributed by atoms with Crippen LogP contribution in [0, 0.1) is 5.82 Å². The van der Waals surface area contributed by atoms with Crippen molar-refractivity contribution < 1.29 is 23.5 Å². The summed E-state index contributed by atoms with van der Waals surface area (Å²) in [5.41, 5.74) is -0.0443. The van der Waals surface area contributed by atoms with Gasteiger partial charge in [0, 0.05) is 6.54 Å². The van der Waals surface area contributed by atoms with Crippen molar-refractivity contribution in [2.75, 3.05) is 26.8 Å². The summed E-state index contributed by atoms with van der Waals surface area (Å²) >= 11 is 5.79. The van der Waals surface area contributed by atoms with Crippen molar-refractivity contribution >= 4 is 23.5 Å². The number of amides is 1. The number of hydrogen-bond acceptors (Lipinski definition) is 5. The molecule has 1 aromatic heterocycles. The van der Waals surface area contributed by atoms with E-state index in [0.717, 1.165) is 12.3 Å². The molecule has 0 bridgehead atoms. The molecule has 1 atom stereocenters. The lowest BCUT2D eigenvalue weighted by Crippen LogP contribution is -2.49. The second-order valence-electron chi connectivity index (χ2n) is 4.13. The molecule has 2 rings (SSSR count). The van der Waals surface area contributed by atoms with Gasteiger partial charge in [-0.05, 0) is 6.07 Å². The number of rotatable bonds is 2. The lowest BCUT2D eigenvalue weighted by atomic mass is 10.2. The van der Waals surface area contributed by atoms with Crippen LogP contribution >= 0.6 is 11.6 Å². The number of morpholine rings is 1. The molecule has 1 aromatic rings. The van der Waals surface area contributed by atoms with Crippen molar-refractivity contribution in [2.24, 2.45) is 0 Å². The predicted octanol–water partition coefficient (Wildman–Crippen LogP) is 0.888. The lowest BCUT2D eigenvalue weighted by molar-refractivity contribution is -0.158. The molecule has 1 aliphatic rings. The number of methoxy groups -OCH3 is 1. The van der Waals surface area contributed by atoms with E-state index in [4.69, 9.17) is 16.3 Å².